The van der Waals surface area contributed by atoms with E-state index in [1.165, 1.54) is 19.2 Å². The molecular formula is C10H11ClFN3O. The van der Waals surface area contributed by atoms with Gasteiger partial charge in [-0.05, 0) is 18.2 Å². The van der Waals surface area contributed by atoms with Crippen molar-refractivity contribution >= 4 is 29.0 Å². The second-order valence-corrected chi connectivity index (χ2v) is 3.25. The number of rotatable bonds is 3. The van der Waals surface area contributed by atoms with Gasteiger partial charge < -0.3 is 11.1 Å². The molecule has 0 radical (unpaired) electrons. The third kappa shape index (κ3) is 2.93. The van der Waals surface area contributed by atoms with E-state index in [0.717, 1.165) is 6.07 Å². The Hall–Kier alpha value is -1.62. The zero-order valence-corrected chi connectivity index (χ0v) is 9.38. The Labute approximate surface area is 97.3 Å². The van der Waals surface area contributed by atoms with Crippen LogP contribution in [0.25, 0.3) is 0 Å². The fraction of sp³-hybridized carbons (Fsp3) is 0.200. The molecule has 1 amide bonds. The molecule has 1 rings (SSSR count). The van der Waals surface area contributed by atoms with Gasteiger partial charge in [0.25, 0.3) is 5.91 Å². The highest BCUT2D eigenvalue weighted by atomic mass is 35.5. The number of amides is 1. The quantitative estimate of drug-likeness (QED) is 0.479. The zero-order valence-electron chi connectivity index (χ0n) is 8.63. The molecule has 0 saturated heterocycles. The molecule has 0 fully saturated rings. The van der Waals surface area contributed by atoms with E-state index < -0.39 is 5.82 Å². The van der Waals surface area contributed by atoms with E-state index >= 15 is 0 Å². The van der Waals surface area contributed by atoms with Crippen LogP contribution in [0.5, 0.6) is 0 Å². The molecule has 0 unspecified atom stereocenters. The van der Waals surface area contributed by atoms with Gasteiger partial charge in [0.15, 0.2) is 0 Å². The summed E-state index contributed by atoms with van der Waals surface area (Å²) in [5.74, 6) is -0.835. The molecule has 0 aliphatic rings. The standard InChI is InChI=1S/C10H11ClFN3O/c1-14-10(16)6-2-3-8(7(12)4-6)15-9(13)5-11/h2-4H,5H2,1H3,(H2,13,15)(H,14,16). The van der Waals surface area contributed by atoms with Gasteiger partial charge in [-0.15, -0.1) is 11.6 Å². The van der Waals surface area contributed by atoms with Gasteiger partial charge in [-0.3, -0.25) is 4.79 Å². The van der Waals surface area contributed by atoms with E-state index in [9.17, 15) is 9.18 Å². The summed E-state index contributed by atoms with van der Waals surface area (Å²) < 4.78 is 13.5. The number of amidine groups is 1. The van der Waals surface area contributed by atoms with Gasteiger partial charge in [0, 0.05) is 12.6 Å². The maximum absolute atomic E-state index is 13.5. The molecule has 6 heteroatoms. The minimum absolute atomic E-state index is 0.0244. The summed E-state index contributed by atoms with van der Waals surface area (Å²) in [6.07, 6.45) is 0. The van der Waals surface area contributed by atoms with Crippen LogP contribution in [-0.4, -0.2) is 24.7 Å². The number of alkyl halides is 1. The predicted molar refractivity (Wildman–Crippen MR) is 61.8 cm³/mol. The van der Waals surface area contributed by atoms with E-state index in [0.29, 0.717) is 0 Å². The molecule has 0 heterocycles. The summed E-state index contributed by atoms with van der Waals surface area (Å²) in [7, 11) is 1.47. The van der Waals surface area contributed by atoms with Crippen LogP contribution < -0.4 is 11.1 Å². The largest absolute Gasteiger partial charge is 0.386 e. The molecule has 3 N–H and O–H groups in total. The van der Waals surface area contributed by atoms with Crippen LogP contribution in [0.2, 0.25) is 0 Å². The molecule has 16 heavy (non-hydrogen) atoms. The fourth-order valence-electron chi connectivity index (χ4n) is 1.07. The number of hydrogen-bond acceptors (Lipinski definition) is 2. The van der Waals surface area contributed by atoms with E-state index in [4.69, 9.17) is 17.3 Å². The average Bonchev–Trinajstić information content (AvgIpc) is 2.30. The van der Waals surface area contributed by atoms with Gasteiger partial charge in [-0.1, -0.05) is 0 Å². The topological polar surface area (TPSA) is 67.5 Å². The molecule has 1 aromatic rings. The number of carbonyl (C=O) groups excluding carboxylic acids is 1. The van der Waals surface area contributed by atoms with E-state index in [1.807, 2.05) is 0 Å². The SMILES string of the molecule is CNC(=O)c1ccc(N=C(N)CCl)c(F)c1. The lowest BCUT2D eigenvalue weighted by Gasteiger charge is -2.02. The first-order valence-corrected chi connectivity index (χ1v) is 5.02. The maximum atomic E-state index is 13.5. The second-order valence-electron chi connectivity index (χ2n) is 2.98. The van der Waals surface area contributed by atoms with Crippen LogP contribution in [0.4, 0.5) is 10.1 Å². The number of carbonyl (C=O) groups is 1. The number of benzene rings is 1. The summed E-state index contributed by atoms with van der Waals surface area (Å²) in [5.41, 5.74) is 5.66. The molecule has 0 aliphatic carbocycles. The third-order valence-electron chi connectivity index (χ3n) is 1.84. The van der Waals surface area contributed by atoms with Crippen molar-refractivity contribution in [1.29, 1.82) is 0 Å². The molecule has 0 saturated carbocycles. The average molecular weight is 244 g/mol. The smallest absolute Gasteiger partial charge is 0.251 e. The van der Waals surface area contributed by atoms with Crippen molar-refractivity contribution in [1.82, 2.24) is 5.32 Å². The van der Waals surface area contributed by atoms with Gasteiger partial charge in [0.1, 0.15) is 17.3 Å². The van der Waals surface area contributed by atoms with Crippen LogP contribution in [0.1, 0.15) is 10.4 Å². The normalized spacial score (nSPS) is 11.3. The lowest BCUT2D eigenvalue weighted by Crippen LogP contribution is -2.17. The van der Waals surface area contributed by atoms with Crippen molar-refractivity contribution < 1.29 is 9.18 Å². The highest BCUT2D eigenvalue weighted by Crippen LogP contribution is 2.19. The Morgan fingerprint density at radius 1 is 1.62 bits per heavy atom. The predicted octanol–water partition coefficient (Wildman–Crippen LogP) is 1.41. The molecular weight excluding hydrogens is 233 g/mol. The van der Waals surface area contributed by atoms with Gasteiger partial charge >= 0.3 is 0 Å². The molecule has 0 aliphatic heterocycles. The lowest BCUT2D eigenvalue weighted by atomic mass is 10.2. The molecule has 0 bridgehead atoms. The van der Waals surface area contributed by atoms with Gasteiger partial charge in [-0.2, -0.15) is 0 Å². The molecule has 0 atom stereocenters. The molecule has 1 aromatic carbocycles. The van der Waals surface area contributed by atoms with Crippen LogP contribution in [-0.2, 0) is 0 Å². The summed E-state index contributed by atoms with van der Waals surface area (Å²) in [6, 6.07) is 3.93. The first-order valence-electron chi connectivity index (χ1n) is 4.49. The maximum Gasteiger partial charge on any atom is 0.251 e. The molecule has 0 aromatic heterocycles. The summed E-state index contributed by atoms with van der Waals surface area (Å²) >= 11 is 5.42. The first-order chi connectivity index (χ1) is 7.58. The Morgan fingerprint density at radius 3 is 2.81 bits per heavy atom. The summed E-state index contributed by atoms with van der Waals surface area (Å²) in [6.45, 7) is 0. The highest BCUT2D eigenvalue weighted by Gasteiger charge is 2.07. The number of nitrogens with one attached hydrogen (secondary N) is 1. The summed E-state index contributed by atoms with van der Waals surface area (Å²) in [4.78, 5) is 15.0. The van der Waals surface area contributed by atoms with Crippen molar-refractivity contribution in [2.45, 2.75) is 0 Å². The van der Waals surface area contributed by atoms with Gasteiger partial charge in [0.2, 0.25) is 0 Å². The van der Waals surface area contributed by atoms with Crippen LogP contribution in [0.15, 0.2) is 23.2 Å². The Balaban J connectivity index is 3.05. The second kappa shape index (κ2) is 5.46. The van der Waals surface area contributed by atoms with Crippen molar-refractivity contribution in [3.8, 4) is 0 Å². The van der Waals surface area contributed by atoms with Crippen LogP contribution in [0, 0.1) is 5.82 Å². The Morgan fingerprint density at radius 2 is 2.31 bits per heavy atom. The van der Waals surface area contributed by atoms with Gasteiger partial charge in [-0.25, -0.2) is 9.38 Å². The lowest BCUT2D eigenvalue weighted by molar-refractivity contribution is 0.0962. The van der Waals surface area contributed by atoms with Gasteiger partial charge in [0.05, 0.1) is 5.88 Å². The Kier molecular flexibility index (Phi) is 4.25. The monoisotopic (exact) mass is 243 g/mol. The third-order valence-corrected chi connectivity index (χ3v) is 2.11. The number of nitrogens with two attached hydrogens (primary N) is 1. The molecule has 4 nitrogen and oxygen atoms in total. The minimum Gasteiger partial charge on any atom is -0.386 e. The van der Waals surface area contributed by atoms with Crippen molar-refractivity contribution in [3.05, 3.63) is 29.6 Å². The van der Waals surface area contributed by atoms with Crippen molar-refractivity contribution in [3.63, 3.8) is 0 Å². The van der Waals surface area contributed by atoms with Crippen LogP contribution >= 0.6 is 11.6 Å². The number of hydrogen-bond donors (Lipinski definition) is 2. The zero-order chi connectivity index (χ0) is 12.1. The van der Waals surface area contributed by atoms with Crippen molar-refractivity contribution in [2.24, 2.45) is 10.7 Å². The van der Waals surface area contributed by atoms with E-state index in [1.54, 1.807) is 0 Å². The molecule has 86 valence electrons. The van der Waals surface area contributed by atoms with Crippen LogP contribution in [0.3, 0.4) is 0 Å². The minimum atomic E-state index is -0.617. The first kappa shape index (κ1) is 12.4. The summed E-state index contributed by atoms with van der Waals surface area (Å²) in [5, 5.41) is 2.39. The molecule has 0 spiro atoms. The van der Waals surface area contributed by atoms with Crippen molar-refractivity contribution in [2.75, 3.05) is 12.9 Å². The van der Waals surface area contributed by atoms with E-state index in [2.05, 4.69) is 10.3 Å². The Bertz CT molecular complexity index is 434. The number of halogens is 2. The highest BCUT2D eigenvalue weighted by molar-refractivity contribution is 6.28. The van der Waals surface area contributed by atoms with E-state index in [-0.39, 0.29) is 28.9 Å². The fourth-order valence-corrected chi connectivity index (χ4v) is 1.13. The number of aliphatic imine (C=N–C) groups is 1. The number of nitrogens with zero attached hydrogens (tertiary/aromatic N) is 1.